The van der Waals surface area contributed by atoms with E-state index in [0.717, 1.165) is 50.9 Å². The molecule has 1 aromatic heterocycles. The van der Waals surface area contributed by atoms with Crippen LogP contribution in [0, 0.1) is 0 Å². The summed E-state index contributed by atoms with van der Waals surface area (Å²) in [4.78, 5) is 13.7. The molecule has 2 N–H and O–H groups in total. The monoisotopic (exact) mass is 426 g/mol. The molecule has 2 aliphatic rings. The van der Waals surface area contributed by atoms with Gasteiger partial charge in [0.15, 0.2) is 5.96 Å². The Morgan fingerprint density at radius 2 is 1.97 bits per heavy atom. The van der Waals surface area contributed by atoms with Crippen LogP contribution < -0.4 is 15.5 Å². The molecule has 1 aromatic carbocycles. The van der Waals surface area contributed by atoms with Crippen LogP contribution in [-0.2, 0) is 0 Å². The summed E-state index contributed by atoms with van der Waals surface area (Å²) in [5.74, 6) is 1.72. The highest BCUT2D eigenvalue weighted by atomic mass is 35.5. The second-order valence-electron chi connectivity index (χ2n) is 8.01. The van der Waals surface area contributed by atoms with E-state index in [0.29, 0.717) is 17.1 Å². The van der Waals surface area contributed by atoms with Gasteiger partial charge in [-0.15, -0.1) is 0 Å². The quantitative estimate of drug-likeness (QED) is 0.548. The normalized spacial score (nSPS) is 21.1. The van der Waals surface area contributed by atoms with Gasteiger partial charge in [0.25, 0.3) is 0 Å². The minimum Gasteiger partial charge on any atom is -0.354 e. The summed E-state index contributed by atoms with van der Waals surface area (Å²) in [5.41, 5.74) is 1.36. The number of nitrogens with zero attached hydrogens (tertiary/aromatic N) is 4. The van der Waals surface area contributed by atoms with E-state index in [9.17, 15) is 0 Å². The molecule has 0 bridgehead atoms. The van der Waals surface area contributed by atoms with E-state index in [2.05, 4.69) is 60.7 Å². The maximum atomic E-state index is 6.32. The van der Waals surface area contributed by atoms with Gasteiger partial charge in [0, 0.05) is 38.9 Å². The fourth-order valence-electron chi connectivity index (χ4n) is 4.45. The van der Waals surface area contributed by atoms with Gasteiger partial charge in [0.05, 0.1) is 11.1 Å². The number of hydrogen-bond acceptors (Lipinski definition) is 4. The van der Waals surface area contributed by atoms with Crippen LogP contribution >= 0.6 is 11.6 Å². The number of benzene rings is 1. The van der Waals surface area contributed by atoms with Crippen LogP contribution in [0.3, 0.4) is 0 Å². The summed E-state index contributed by atoms with van der Waals surface area (Å²) in [7, 11) is 1.84. The molecule has 160 valence electrons. The number of anilines is 1. The highest BCUT2D eigenvalue weighted by Crippen LogP contribution is 2.26. The minimum absolute atomic E-state index is 0.316. The standard InChI is InChI=1S/C23H31ClN6/c1-25-23(28-19-11-15-30(17-19)22-20(24)10-7-12-26-22)27-16-21(29-13-5-6-14-29)18-8-3-2-4-9-18/h2-4,7-10,12,19,21H,5-6,11,13-17H2,1H3,(H2,25,27,28). The minimum atomic E-state index is 0.316. The predicted molar refractivity (Wildman–Crippen MR) is 124 cm³/mol. The molecule has 2 fully saturated rings. The summed E-state index contributed by atoms with van der Waals surface area (Å²) < 4.78 is 0. The van der Waals surface area contributed by atoms with Crippen LogP contribution in [0.1, 0.15) is 30.9 Å². The summed E-state index contributed by atoms with van der Waals surface area (Å²) in [5, 5.41) is 7.87. The van der Waals surface area contributed by atoms with Crippen LogP contribution in [-0.4, -0.2) is 61.7 Å². The molecular formula is C23H31ClN6. The number of hydrogen-bond donors (Lipinski definition) is 2. The topological polar surface area (TPSA) is 55.8 Å². The van der Waals surface area contributed by atoms with E-state index < -0.39 is 0 Å². The molecule has 3 heterocycles. The van der Waals surface area contributed by atoms with Gasteiger partial charge in [-0.25, -0.2) is 4.98 Å². The molecule has 2 aliphatic heterocycles. The fraction of sp³-hybridized carbons (Fsp3) is 0.478. The Labute approximate surface area is 184 Å². The number of guanidine groups is 1. The first kappa shape index (κ1) is 20.9. The first-order valence-corrected chi connectivity index (χ1v) is 11.2. The maximum Gasteiger partial charge on any atom is 0.191 e. The molecule has 30 heavy (non-hydrogen) atoms. The largest absolute Gasteiger partial charge is 0.354 e. The Balaban J connectivity index is 1.35. The highest BCUT2D eigenvalue weighted by Gasteiger charge is 2.27. The van der Waals surface area contributed by atoms with Crippen LogP contribution in [0.5, 0.6) is 0 Å². The lowest BCUT2D eigenvalue weighted by atomic mass is 10.1. The van der Waals surface area contributed by atoms with Crippen molar-refractivity contribution < 1.29 is 0 Å². The van der Waals surface area contributed by atoms with Crippen LogP contribution in [0.4, 0.5) is 5.82 Å². The third kappa shape index (κ3) is 5.05. The van der Waals surface area contributed by atoms with Crippen molar-refractivity contribution in [3.05, 3.63) is 59.2 Å². The zero-order chi connectivity index (χ0) is 20.8. The fourth-order valence-corrected chi connectivity index (χ4v) is 4.69. The average Bonchev–Trinajstić information content (AvgIpc) is 3.47. The van der Waals surface area contributed by atoms with Crippen molar-refractivity contribution in [3.8, 4) is 0 Å². The summed E-state index contributed by atoms with van der Waals surface area (Å²) >= 11 is 6.32. The van der Waals surface area contributed by atoms with E-state index in [1.165, 1.54) is 18.4 Å². The number of aliphatic imine (C=N–C) groups is 1. The van der Waals surface area contributed by atoms with Gasteiger partial charge in [-0.1, -0.05) is 41.9 Å². The summed E-state index contributed by atoms with van der Waals surface area (Å²) in [6, 6.07) is 15.2. The van der Waals surface area contributed by atoms with Gasteiger partial charge in [-0.3, -0.25) is 9.89 Å². The number of aromatic nitrogens is 1. The van der Waals surface area contributed by atoms with Gasteiger partial charge in [0.2, 0.25) is 0 Å². The Kier molecular flexibility index (Phi) is 7.07. The predicted octanol–water partition coefficient (Wildman–Crippen LogP) is 3.32. The van der Waals surface area contributed by atoms with Crippen molar-refractivity contribution in [2.75, 3.05) is 44.7 Å². The summed E-state index contributed by atoms with van der Waals surface area (Å²) in [6.45, 7) is 4.97. The lowest BCUT2D eigenvalue weighted by Gasteiger charge is -2.29. The van der Waals surface area contributed by atoms with Crippen molar-refractivity contribution in [2.45, 2.75) is 31.3 Å². The van der Waals surface area contributed by atoms with E-state index in [4.69, 9.17) is 11.6 Å². The third-order valence-corrected chi connectivity index (χ3v) is 6.31. The molecule has 2 atom stereocenters. The maximum absolute atomic E-state index is 6.32. The molecule has 2 saturated heterocycles. The van der Waals surface area contributed by atoms with Crippen molar-refractivity contribution in [1.82, 2.24) is 20.5 Å². The molecule has 0 spiro atoms. The SMILES string of the molecule is CN=C(NCC(c1ccccc1)N1CCCC1)NC1CCN(c2ncccc2Cl)C1. The average molecular weight is 427 g/mol. The first-order valence-electron chi connectivity index (χ1n) is 10.9. The van der Waals surface area contributed by atoms with Crippen LogP contribution in [0.15, 0.2) is 53.7 Å². The summed E-state index contributed by atoms with van der Waals surface area (Å²) in [6.07, 6.45) is 5.39. The van der Waals surface area contributed by atoms with Gasteiger partial charge in [-0.05, 0) is 50.0 Å². The molecule has 0 aliphatic carbocycles. The zero-order valence-electron chi connectivity index (χ0n) is 17.6. The lowest BCUT2D eigenvalue weighted by Crippen LogP contribution is -2.47. The molecule has 2 aromatic rings. The number of halogens is 1. The number of rotatable bonds is 6. The molecule has 0 amide bonds. The lowest BCUT2D eigenvalue weighted by molar-refractivity contribution is 0.245. The van der Waals surface area contributed by atoms with Crippen LogP contribution in [0.25, 0.3) is 0 Å². The van der Waals surface area contributed by atoms with Crippen molar-refractivity contribution in [1.29, 1.82) is 0 Å². The second-order valence-corrected chi connectivity index (χ2v) is 8.41. The number of likely N-dealkylation sites (tertiary alicyclic amines) is 1. The molecule has 7 heteroatoms. The van der Waals surface area contributed by atoms with Crippen molar-refractivity contribution >= 4 is 23.4 Å². The molecule has 4 rings (SSSR count). The molecular weight excluding hydrogens is 396 g/mol. The molecule has 0 saturated carbocycles. The first-order chi connectivity index (χ1) is 14.7. The van der Waals surface area contributed by atoms with E-state index in [1.807, 2.05) is 19.2 Å². The Bertz CT molecular complexity index is 837. The smallest absolute Gasteiger partial charge is 0.191 e. The number of pyridine rings is 1. The van der Waals surface area contributed by atoms with Gasteiger partial charge in [-0.2, -0.15) is 0 Å². The second kappa shape index (κ2) is 10.1. The number of nitrogens with one attached hydrogen (secondary N) is 2. The Hall–Kier alpha value is -2.31. The molecule has 6 nitrogen and oxygen atoms in total. The van der Waals surface area contributed by atoms with Gasteiger partial charge >= 0.3 is 0 Å². The Morgan fingerprint density at radius 1 is 1.17 bits per heavy atom. The van der Waals surface area contributed by atoms with E-state index in [-0.39, 0.29) is 0 Å². The van der Waals surface area contributed by atoms with E-state index in [1.54, 1.807) is 6.20 Å². The van der Waals surface area contributed by atoms with Gasteiger partial charge in [0.1, 0.15) is 5.82 Å². The highest BCUT2D eigenvalue weighted by molar-refractivity contribution is 6.32. The molecule has 0 radical (unpaired) electrons. The third-order valence-electron chi connectivity index (χ3n) is 6.02. The van der Waals surface area contributed by atoms with Crippen LogP contribution in [0.2, 0.25) is 5.02 Å². The van der Waals surface area contributed by atoms with Crippen molar-refractivity contribution in [2.24, 2.45) is 4.99 Å². The Morgan fingerprint density at radius 3 is 2.70 bits per heavy atom. The van der Waals surface area contributed by atoms with Crippen molar-refractivity contribution in [3.63, 3.8) is 0 Å². The van der Waals surface area contributed by atoms with E-state index >= 15 is 0 Å². The van der Waals surface area contributed by atoms with Gasteiger partial charge < -0.3 is 15.5 Å². The molecule has 2 unspecified atom stereocenters. The zero-order valence-corrected chi connectivity index (χ0v) is 18.4.